The first-order valence-corrected chi connectivity index (χ1v) is 10.8. The van der Waals surface area contributed by atoms with Crippen LogP contribution in [0.2, 0.25) is 0 Å². The molecule has 1 N–H and O–H groups in total. The van der Waals surface area contributed by atoms with Crippen molar-refractivity contribution < 1.29 is 9.18 Å². The third-order valence-electron chi connectivity index (χ3n) is 4.32. The van der Waals surface area contributed by atoms with E-state index in [9.17, 15) is 9.18 Å². The third-order valence-corrected chi connectivity index (χ3v) is 6.42. The lowest BCUT2D eigenvalue weighted by molar-refractivity contribution is 0.0953. The summed E-state index contributed by atoms with van der Waals surface area (Å²) in [4.78, 5) is 22.2. The Bertz CT molecular complexity index is 1120. The average molecular weight is 424 g/mol. The standard InChI is InChI=1S/C22H18FN3OS2/c1-14-20(29-22(25-14)16-7-9-17(23)10-8-16)21(27)24-12-18-13-28-19(26-18)11-15-5-3-2-4-6-15/h2-10,13H,11-12H2,1H3,(H,24,27). The van der Waals surface area contributed by atoms with E-state index in [1.807, 2.05) is 23.6 Å². The number of amides is 1. The van der Waals surface area contributed by atoms with Gasteiger partial charge in [-0.1, -0.05) is 30.3 Å². The summed E-state index contributed by atoms with van der Waals surface area (Å²) in [5, 5.41) is 6.62. The second-order valence-electron chi connectivity index (χ2n) is 6.52. The first kappa shape index (κ1) is 19.4. The van der Waals surface area contributed by atoms with E-state index < -0.39 is 0 Å². The molecule has 0 aliphatic carbocycles. The number of thiazole rings is 2. The number of nitrogens with one attached hydrogen (secondary N) is 1. The van der Waals surface area contributed by atoms with Gasteiger partial charge in [-0.2, -0.15) is 0 Å². The Balaban J connectivity index is 1.39. The quantitative estimate of drug-likeness (QED) is 0.462. The van der Waals surface area contributed by atoms with Crippen molar-refractivity contribution >= 4 is 28.6 Å². The molecule has 4 nitrogen and oxygen atoms in total. The van der Waals surface area contributed by atoms with Crippen molar-refractivity contribution in [3.63, 3.8) is 0 Å². The maximum absolute atomic E-state index is 13.1. The molecule has 0 aliphatic rings. The Labute approximate surface area is 176 Å². The fourth-order valence-electron chi connectivity index (χ4n) is 2.86. The summed E-state index contributed by atoms with van der Waals surface area (Å²) >= 11 is 2.90. The first-order chi connectivity index (χ1) is 14.1. The number of rotatable bonds is 6. The van der Waals surface area contributed by atoms with Crippen LogP contribution in [0.3, 0.4) is 0 Å². The lowest BCUT2D eigenvalue weighted by Gasteiger charge is -2.01. The smallest absolute Gasteiger partial charge is 0.263 e. The Morgan fingerprint density at radius 2 is 1.83 bits per heavy atom. The zero-order valence-corrected chi connectivity index (χ0v) is 17.3. The van der Waals surface area contributed by atoms with Gasteiger partial charge in [0, 0.05) is 17.4 Å². The first-order valence-electron chi connectivity index (χ1n) is 9.07. The van der Waals surface area contributed by atoms with Crippen molar-refractivity contribution in [2.24, 2.45) is 0 Å². The largest absolute Gasteiger partial charge is 0.346 e. The van der Waals surface area contributed by atoms with Crippen LogP contribution in [0.4, 0.5) is 4.39 Å². The van der Waals surface area contributed by atoms with Crippen LogP contribution in [0.5, 0.6) is 0 Å². The molecule has 0 radical (unpaired) electrons. The van der Waals surface area contributed by atoms with Crippen LogP contribution < -0.4 is 5.32 Å². The number of hydrogen-bond acceptors (Lipinski definition) is 5. The molecule has 29 heavy (non-hydrogen) atoms. The highest BCUT2D eigenvalue weighted by Gasteiger charge is 2.16. The summed E-state index contributed by atoms with van der Waals surface area (Å²) in [7, 11) is 0. The van der Waals surface area contributed by atoms with Gasteiger partial charge in [0.2, 0.25) is 0 Å². The molecular weight excluding hydrogens is 405 g/mol. The molecule has 0 bridgehead atoms. The van der Waals surface area contributed by atoms with Crippen molar-refractivity contribution in [1.82, 2.24) is 15.3 Å². The Morgan fingerprint density at radius 1 is 1.07 bits per heavy atom. The van der Waals surface area contributed by atoms with Crippen LogP contribution in [0.25, 0.3) is 10.6 Å². The van der Waals surface area contributed by atoms with Crippen LogP contribution in [0, 0.1) is 12.7 Å². The van der Waals surface area contributed by atoms with E-state index in [4.69, 9.17) is 0 Å². The lowest BCUT2D eigenvalue weighted by atomic mass is 10.2. The SMILES string of the molecule is Cc1nc(-c2ccc(F)cc2)sc1C(=O)NCc1csc(Cc2ccccc2)n1. The van der Waals surface area contributed by atoms with Gasteiger partial charge in [0.15, 0.2) is 0 Å². The molecule has 0 spiro atoms. The van der Waals surface area contributed by atoms with E-state index in [0.717, 1.165) is 22.7 Å². The van der Waals surface area contributed by atoms with E-state index in [2.05, 4.69) is 27.4 Å². The van der Waals surface area contributed by atoms with E-state index in [1.165, 1.54) is 29.0 Å². The van der Waals surface area contributed by atoms with Crippen LogP contribution in [0.15, 0.2) is 60.0 Å². The fraction of sp³-hybridized carbons (Fsp3) is 0.136. The summed E-state index contributed by atoms with van der Waals surface area (Å²) in [5.41, 5.74) is 3.51. The van der Waals surface area contributed by atoms with Crippen LogP contribution in [-0.4, -0.2) is 15.9 Å². The van der Waals surface area contributed by atoms with Crippen molar-refractivity contribution in [3.05, 3.63) is 92.6 Å². The Kier molecular flexibility index (Phi) is 5.78. The van der Waals surface area contributed by atoms with E-state index in [1.54, 1.807) is 30.4 Å². The molecular formula is C22H18FN3OS2. The van der Waals surface area contributed by atoms with E-state index >= 15 is 0 Å². The summed E-state index contributed by atoms with van der Waals surface area (Å²) in [6, 6.07) is 16.3. The molecule has 0 aliphatic heterocycles. The molecule has 4 aromatic rings. The van der Waals surface area contributed by atoms with Gasteiger partial charge < -0.3 is 5.32 Å². The number of halogens is 1. The van der Waals surface area contributed by atoms with E-state index in [0.29, 0.717) is 22.1 Å². The third kappa shape index (κ3) is 4.75. The second kappa shape index (κ2) is 8.63. The van der Waals surface area contributed by atoms with Gasteiger partial charge >= 0.3 is 0 Å². The van der Waals surface area contributed by atoms with Crippen molar-refractivity contribution in [2.75, 3.05) is 0 Å². The molecule has 2 aromatic carbocycles. The van der Waals surface area contributed by atoms with Gasteiger partial charge in [-0.15, -0.1) is 22.7 Å². The van der Waals surface area contributed by atoms with Gasteiger partial charge in [-0.25, -0.2) is 14.4 Å². The molecule has 146 valence electrons. The van der Waals surface area contributed by atoms with Crippen LogP contribution in [0.1, 0.15) is 31.6 Å². The molecule has 4 rings (SSSR count). The number of aryl methyl sites for hydroxylation is 1. The van der Waals surface area contributed by atoms with Gasteiger partial charge in [0.1, 0.15) is 15.7 Å². The molecule has 7 heteroatoms. The minimum atomic E-state index is -0.296. The predicted octanol–water partition coefficient (Wildman–Crippen LogP) is 5.23. The summed E-state index contributed by atoms with van der Waals surface area (Å²) < 4.78 is 13.1. The number of benzene rings is 2. The Morgan fingerprint density at radius 3 is 2.59 bits per heavy atom. The summed E-state index contributed by atoms with van der Waals surface area (Å²) in [5.74, 6) is -0.471. The molecule has 0 atom stereocenters. The zero-order valence-electron chi connectivity index (χ0n) is 15.7. The highest BCUT2D eigenvalue weighted by molar-refractivity contribution is 7.17. The maximum atomic E-state index is 13.1. The second-order valence-corrected chi connectivity index (χ2v) is 8.46. The number of carbonyl (C=O) groups excluding carboxylic acids is 1. The zero-order chi connectivity index (χ0) is 20.2. The Hall–Kier alpha value is -2.90. The molecule has 0 saturated heterocycles. The number of nitrogens with zero attached hydrogens (tertiary/aromatic N) is 2. The fourth-order valence-corrected chi connectivity index (χ4v) is 4.67. The van der Waals surface area contributed by atoms with Crippen molar-refractivity contribution in [3.8, 4) is 10.6 Å². The minimum absolute atomic E-state index is 0.175. The van der Waals surface area contributed by atoms with Gasteiger partial charge in [-0.3, -0.25) is 4.79 Å². The summed E-state index contributed by atoms with van der Waals surface area (Å²) in [6.45, 7) is 2.17. The van der Waals surface area contributed by atoms with Crippen LogP contribution >= 0.6 is 22.7 Å². The van der Waals surface area contributed by atoms with Gasteiger partial charge in [-0.05, 0) is 36.8 Å². The number of aromatic nitrogens is 2. The van der Waals surface area contributed by atoms with Crippen molar-refractivity contribution in [2.45, 2.75) is 19.9 Å². The topological polar surface area (TPSA) is 54.9 Å². The predicted molar refractivity (Wildman–Crippen MR) is 115 cm³/mol. The van der Waals surface area contributed by atoms with Gasteiger partial charge in [0.25, 0.3) is 5.91 Å². The molecule has 2 heterocycles. The molecule has 2 aromatic heterocycles. The maximum Gasteiger partial charge on any atom is 0.263 e. The van der Waals surface area contributed by atoms with E-state index in [-0.39, 0.29) is 11.7 Å². The average Bonchev–Trinajstić information content (AvgIpc) is 3.34. The minimum Gasteiger partial charge on any atom is -0.346 e. The number of carbonyl (C=O) groups is 1. The summed E-state index contributed by atoms with van der Waals surface area (Å²) in [6.07, 6.45) is 0.786. The monoisotopic (exact) mass is 423 g/mol. The van der Waals surface area contributed by atoms with Gasteiger partial charge in [0.05, 0.1) is 22.9 Å². The highest BCUT2D eigenvalue weighted by Crippen LogP contribution is 2.28. The lowest BCUT2D eigenvalue weighted by Crippen LogP contribution is -2.22. The molecule has 0 saturated carbocycles. The molecule has 0 unspecified atom stereocenters. The number of hydrogen-bond donors (Lipinski definition) is 1. The normalized spacial score (nSPS) is 10.8. The molecule has 1 amide bonds. The van der Waals surface area contributed by atoms with Crippen LogP contribution in [-0.2, 0) is 13.0 Å². The highest BCUT2D eigenvalue weighted by atomic mass is 32.1. The molecule has 0 fully saturated rings. The van der Waals surface area contributed by atoms with Crippen molar-refractivity contribution in [1.29, 1.82) is 0 Å².